The van der Waals surface area contributed by atoms with Crippen LogP contribution in [0.2, 0.25) is 0 Å². The molecule has 1 aliphatic rings. The quantitative estimate of drug-likeness (QED) is 0.666. The van der Waals surface area contributed by atoms with Crippen LogP contribution in [-0.2, 0) is 9.47 Å². The molecule has 74 valence electrons. The van der Waals surface area contributed by atoms with Gasteiger partial charge in [0, 0.05) is 12.1 Å². The molecule has 3 heteroatoms. The van der Waals surface area contributed by atoms with Crippen molar-refractivity contribution in [1.29, 1.82) is 0 Å². The number of rotatable bonds is 4. The third-order valence-electron chi connectivity index (χ3n) is 1.79. The Labute approximate surface area is 79.2 Å². The molecule has 3 nitrogen and oxygen atoms in total. The zero-order chi connectivity index (χ0) is 9.52. The Morgan fingerprint density at radius 3 is 2.69 bits per heavy atom. The number of ether oxygens (including phenoxy) is 2. The lowest BCUT2D eigenvalue weighted by atomic mass is 10.2. The Bertz CT molecular complexity index is 193. The number of hydrogen-bond donors (Lipinski definition) is 1. The van der Waals surface area contributed by atoms with Gasteiger partial charge in [-0.15, -0.1) is 0 Å². The lowest BCUT2D eigenvalue weighted by Crippen LogP contribution is -2.11. The van der Waals surface area contributed by atoms with E-state index in [1.807, 2.05) is 12.2 Å². The van der Waals surface area contributed by atoms with E-state index in [4.69, 9.17) is 15.2 Å². The maximum atomic E-state index is 5.45. The zero-order valence-corrected chi connectivity index (χ0v) is 8.03. The van der Waals surface area contributed by atoms with Crippen LogP contribution in [0.5, 0.6) is 0 Å². The van der Waals surface area contributed by atoms with E-state index in [0.29, 0.717) is 19.8 Å². The molecule has 1 heterocycles. The molecule has 2 N–H and O–H groups in total. The molecule has 1 saturated heterocycles. The highest BCUT2D eigenvalue weighted by atomic mass is 16.7. The van der Waals surface area contributed by atoms with E-state index < -0.39 is 0 Å². The molecule has 0 aromatic rings. The van der Waals surface area contributed by atoms with Crippen LogP contribution in [0.4, 0.5) is 0 Å². The van der Waals surface area contributed by atoms with Gasteiger partial charge in [0.25, 0.3) is 0 Å². The van der Waals surface area contributed by atoms with Gasteiger partial charge in [-0.05, 0) is 6.42 Å². The van der Waals surface area contributed by atoms with Crippen molar-refractivity contribution in [2.45, 2.75) is 19.6 Å². The summed E-state index contributed by atoms with van der Waals surface area (Å²) < 4.78 is 10.7. The molecule has 1 aliphatic heterocycles. The highest BCUT2D eigenvalue weighted by Crippen LogP contribution is 2.15. The highest BCUT2D eigenvalue weighted by Gasteiger charge is 2.18. The summed E-state index contributed by atoms with van der Waals surface area (Å²) in [5, 5.41) is 0. The molecule has 0 aromatic carbocycles. The van der Waals surface area contributed by atoms with Crippen LogP contribution in [-0.4, -0.2) is 26.0 Å². The lowest BCUT2D eigenvalue weighted by Gasteiger charge is -2.09. The second-order valence-corrected chi connectivity index (χ2v) is 2.82. The largest absolute Gasteiger partial charge is 0.346 e. The Morgan fingerprint density at radius 2 is 2.15 bits per heavy atom. The minimum absolute atomic E-state index is 0.202. The predicted octanol–water partition coefficient (Wildman–Crippen LogP) is 1.21. The fraction of sp³-hybridized carbons (Fsp3) is 0.600. The average molecular weight is 183 g/mol. The van der Waals surface area contributed by atoms with E-state index in [2.05, 4.69) is 13.0 Å². The van der Waals surface area contributed by atoms with Gasteiger partial charge in [-0.2, -0.15) is 0 Å². The molecule has 13 heavy (non-hydrogen) atoms. The fourth-order valence-corrected chi connectivity index (χ4v) is 1.18. The van der Waals surface area contributed by atoms with Crippen molar-refractivity contribution in [3.63, 3.8) is 0 Å². The van der Waals surface area contributed by atoms with Gasteiger partial charge >= 0.3 is 0 Å². The van der Waals surface area contributed by atoms with Gasteiger partial charge in [-0.1, -0.05) is 25.2 Å². The van der Waals surface area contributed by atoms with E-state index in [9.17, 15) is 0 Å². The fourth-order valence-electron chi connectivity index (χ4n) is 1.18. The van der Waals surface area contributed by atoms with Crippen LogP contribution in [0.25, 0.3) is 0 Å². The van der Waals surface area contributed by atoms with Crippen LogP contribution in [0.3, 0.4) is 0 Å². The minimum Gasteiger partial charge on any atom is -0.346 e. The van der Waals surface area contributed by atoms with Gasteiger partial charge < -0.3 is 15.2 Å². The van der Waals surface area contributed by atoms with Gasteiger partial charge in [-0.25, -0.2) is 0 Å². The summed E-state index contributed by atoms with van der Waals surface area (Å²) in [5.74, 6) is 0. The third-order valence-corrected chi connectivity index (χ3v) is 1.79. The predicted molar refractivity (Wildman–Crippen MR) is 52.3 cm³/mol. The van der Waals surface area contributed by atoms with Gasteiger partial charge in [0.1, 0.15) is 0 Å². The molecule has 0 amide bonds. The van der Waals surface area contributed by atoms with Crippen LogP contribution >= 0.6 is 0 Å². The van der Waals surface area contributed by atoms with Gasteiger partial charge in [0.2, 0.25) is 0 Å². The summed E-state index contributed by atoms with van der Waals surface area (Å²) in [4.78, 5) is 0. The maximum Gasteiger partial charge on any atom is 0.183 e. The lowest BCUT2D eigenvalue weighted by molar-refractivity contribution is -0.00849. The molecule has 0 atom stereocenters. The molecule has 1 fully saturated rings. The van der Waals surface area contributed by atoms with Gasteiger partial charge in [-0.3, -0.25) is 0 Å². The van der Waals surface area contributed by atoms with E-state index >= 15 is 0 Å². The Balaban J connectivity index is 2.55. The standard InChI is InChI=1S/C10H17NO2/c1-2-3-4-9(5-6-11)10-12-7-8-13-10/h3-5,10H,2,6-8,11H2,1H3/b4-3-,9-5+. The number of nitrogens with two attached hydrogens (primary N) is 1. The van der Waals surface area contributed by atoms with Crippen molar-refractivity contribution in [1.82, 2.24) is 0 Å². The van der Waals surface area contributed by atoms with Gasteiger partial charge in [0.05, 0.1) is 13.2 Å². The SMILES string of the molecule is CC/C=C\C(=C/CN)C1OCCO1. The second kappa shape index (κ2) is 5.91. The number of allylic oxidation sites excluding steroid dienone is 1. The van der Waals surface area contributed by atoms with E-state index in [1.54, 1.807) is 0 Å². The summed E-state index contributed by atoms with van der Waals surface area (Å²) >= 11 is 0. The molecule has 0 spiro atoms. The first kappa shape index (κ1) is 10.4. The van der Waals surface area contributed by atoms with Crippen molar-refractivity contribution in [3.05, 3.63) is 23.8 Å². The first-order valence-corrected chi connectivity index (χ1v) is 4.68. The summed E-state index contributed by atoms with van der Waals surface area (Å²) in [5.41, 5.74) is 6.48. The molecule has 0 unspecified atom stereocenters. The van der Waals surface area contributed by atoms with Crippen molar-refractivity contribution in [2.75, 3.05) is 19.8 Å². The van der Waals surface area contributed by atoms with Crippen molar-refractivity contribution < 1.29 is 9.47 Å². The molecule has 0 aliphatic carbocycles. The first-order valence-electron chi connectivity index (χ1n) is 4.68. The second-order valence-electron chi connectivity index (χ2n) is 2.82. The topological polar surface area (TPSA) is 44.5 Å². The summed E-state index contributed by atoms with van der Waals surface area (Å²) in [6, 6.07) is 0. The Hall–Kier alpha value is -0.640. The minimum atomic E-state index is -0.202. The summed E-state index contributed by atoms with van der Waals surface area (Å²) in [7, 11) is 0. The van der Waals surface area contributed by atoms with Crippen LogP contribution in [0, 0.1) is 0 Å². The van der Waals surface area contributed by atoms with E-state index in [1.165, 1.54) is 0 Å². The zero-order valence-electron chi connectivity index (χ0n) is 8.03. The molecule has 1 rings (SSSR count). The highest BCUT2D eigenvalue weighted by molar-refractivity contribution is 5.22. The van der Waals surface area contributed by atoms with Crippen molar-refractivity contribution in [2.24, 2.45) is 5.73 Å². The molecular formula is C10H17NO2. The maximum absolute atomic E-state index is 5.45. The van der Waals surface area contributed by atoms with E-state index in [-0.39, 0.29) is 6.29 Å². The van der Waals surface area contributed by atoms with E-state index in [0.717, 1.165) is 12.0 Å². The summed E-state index contributed by atoms with van der Waals surface area (Å²) in [6.07, 6.45) is 6.83. The molecular weight excluding hydrogens is 166 g/mol. The van der Waals surface area contributed by atoms with Crippen LogP contribution < -0.4 is 5.73 Å². The first-order chi connectivity index (χ1) is 6.38. The summed E-state index contributed by atoms with van der Waals surface area (Å²) in [6.45, 7) is 3.96. The molecule has 0 radical (unpaired) electrons. The average Bonchev–Trinajstić information content (AvgIpc) is 2.65. The molecule has 0 bridgehead atoms. The smallest absolute Gasteiger partial charge is 0.183 e. The Kier molecular flexibility index (Phi) is 4.75. The third kappa shape index (κ3) is 3.30. The normalized spacial score (nSPS) is 20.3. The van der Waals surface area contributed by atoms with Gasteiger partial charge in [0.15, 0.2) is 6.29 Å². The van der Waals surface area contributed by atoms with Crippen molar-refractivity contribution in [3.8, 4) is 0 Å². The van der Waals surface area contributed by atoms with Crippen LogP contribution in [0.15, 0.2) is 23.8 Å². The van der Waals surface area contributed by atoms with Crippen LogP contribution in [0.1, 0.15) is 13.3 Å². The Morgan fingerprint density at radius 1 is 1.46 bits per heavy atom. The molecule has 0 aromatic heterocycles. The number of hydrogen-bond acceptors (Lipinski definition) is 3. The monoisotopic (exact) mass is 183 g/mol. The van der Waals surface area contributed by atoms with Crippen molar-refractivity contribution >= 4 is 0 Å². The molecule has 0 saturated carbocycles.